The van der Waals surface area contributed by atoms with Crippen LogP contribution in [0.1, 0.15) is 44.5 Å². The third-order valence-electron chi connectivity index (χ3n) is 5.22. The van der Waals surface area contributed by atoms with Gasteiger partial charge in [0.05, 0.1) is 10.1 Å². The Morgan fingerprint density at radius 3 is 2.45 bits per heavy atom. The zero-order valence-corrected chi connectivity index (χ0v) is 18.2. The average Bonchev–Trinajstić information content (AvgIpc) is 3.22. The number of carbonyl (C=O) groups is 1. The molecule has 0 unspecified atom stereocenters. The molecule has 10 heteroatoms. The summed E-state index contributed by atoms with van der Waals surface area (Å²) in [5.41, 5.74) is 0.572. The number of nitrogens with zero attached hydrogens (tertiary/aromatic N) is 4. The summed E-state index contributed by atoms with van der Waals surface area (Å²) >= 11 is 1.39. The van der Waals surface area contributed by atoms with Gasteiger partial charge < -0.3 is 9.88 Å². The molecule has 4 rings (SSSR count). The quantitative estimate of drug-likeness (QED) is 0.672. The third kappa shape index (κ3) is 4.34. The van der Waals surface area contributed by atoms with E-state index in [9.17, 15) is 13.2 Å². The van der Waals surface area contributed by atoms with Gasteiger partial charge in [-0.3, -0.25) is 4.79 Å². The van der Waals surface area contributed by atoms with Crippen molar-refractivity contribution >= 4 is 33.4 Å². The molecule has 1 N–H and O–H groups in total. The van der Waals surface area contributed by atoms with E-state index in [1.165, 1.54) is 16.1 Å². The van der Waals surface area contributed by atoms with Crippen molar-refractivity contribution < 1.29 is 13.2 Å². The molecule has 0 bridgehead atoms. The molecule has 0 radical (unpaired) electrons. The summed E-state index contributed by atoms with van der Waals surface area (Å²) in [6.45, 7) is 4.90. The Balaban J connectivity index is 1.39. The minimum absolute atomic E-state index is 0.159. The monoisotopic (exact) mass is 435 g/mol. The van der Waals surface area contributed by atoms with E-state index in [2.05, 4.69) is 20.1 Å². The van der Waals surface area contributed by atoms with Gasteiger partial charge in [0.25, 0.3) is 0 Å². The summed E-state index contributed by atoms with van der Waals surface area (Å²) in [5, 5.41) is 11.6. The molecular weight excluding hydrogens is 410 g/mol. The molecule has 1 aliphatic heterocycles. The van der Waals surface area contributed by atoms with E-state index in [1.807, 2.05) is 13.8 Å². The van der Waals surface area contributed by atoms with Crippen molar-refractivity contribution in [1.82, 2.24) is 19.1 Å². The number of hydrogen-bond donors (Lipinski definition) is 1. The van der Waals surface area contributed by atoms with Crippen LogP contribution in [-0.2, 0) is 14.8 Å². The van der Waals surface area contributed by atoms with E-state index in [1.54, 1.807) is 24.3 Å². The number of carbonyl (C=O) groups excluding carboxylic acids is 1. The van der Waals surface area contributed by atoms with Gasteiger partial charge >= 0.3 is 0 Å². The van der Waals surface area contributed by atoms with Gasteiger partial charge in [0.15, 0.2) is 5.16 Å². The van der Waals surface area contributed by atoms with Crippen LogP contribution in [0, 0.1) is 6.92 Å². The molecule has 8 nitrogen and oxygen atoms in total. The lowest BCUT2D eigenvalue weighted by atomic mass is 10.3. The van der Waals surface area contributed by atoms with Crippen LogP contribution in [0.4, 0.5) is 5.69 Å². The molecule has 1 saturated carbocycles. The van der Waals surface area contributed by atoms with Gasteiger partial charge in [-0.25, -0.2) is 8.42 Å². The molecule has 156 valence electrons. The van der Waals surface area contributed by atoms with Gasteiger partial charge in [-0.1, -0.05) is 11.8 Å². The topological polar surface area (TPSA) is 97.2 Å². The second-order valence-corrected chi connectivity index (χ2v) is 10.8. The molecule has 2 aromatic rings. The fraction of sp³-hybridized carbons (Fsp3) is 0.526. The third-order valence-corrected chi connectivity index (χ3v) is 8.19. The minimum atomic E-state index is -3.45. The number of hydrogen-bond acceptors (Lipinski definition) is 6. The highest BCUT2D eigenvalue weighted by atomic mass is 32.2. The molecule has 2 heterocycles. The van der Waals surface area contributed by atoms with Crippen molar-refractivity contribution in [2.45, 2.75) is 60.9 Å². The summed E-state index contributed by atoms with van der Waals surface area (Å²) < 4.78 is 28.8. The van der Waals surface area contributed by atoms with E-state index >= 15 is 0 Å². The number of anilines is 1. The van der Waals surface area contributed by atoms with E-state index in [0.717, 1.165) is 36.7 Å². The number of aromatic nitrogens is 3. The van der Waals surface area contributed by atoms with Crippen molar-refractivity contribution in [3.05, 3.63) is 30.1 Å². The maximum Gasteiger partial charge on any atom is 0.243 e. The van der Waals surface area contributed by atoms with Crippen LogP contribution < -0.4 is 5.32 Å². The zero-order chi connectivity index (χ0) is 20.6. The summed E-state index contributed by atoms with van der Waals surface area (Å²) in [5.74, 6) is 0.713. The Morgan fingerprint density at radius 2 is 1.83 bits per heavy atom. The first-order chi connectivity index (χ1) is 13.9. The highest BCUT2D eigenvalue weighted by Crippen LogP contribution is 2.39. The normalized spacial score (nSPS) is 18.7. The highest BCUT2D eigenvalue weighted by Gasteiger charge is 2.30. The predicted octanol–water partition coefficient (Wildman–Crippen LogP) is 2.83. The van der Waals surface area contributed by atoms with Crippen molar-refractivity contribution in [1.29, 1.82) is 0 Å². The van der Waals surface area contributed by atoms with E-state index in [-0.39, 0.29) is 16.1 Å². The van der Waals surface area contributed by atoms with Crippen LogP contribution in [0.15, 0.2) is 34.3 Å². The number of nitrogens with one attached hydrogen (secondary N) is 1. The Hall–Kier alpha value is -1.91. The lowest BCUT2D eigenvalue weighted by Gasteiger charge is -2.16. The van der Waals surface area contributed by atoms with Crippen LogP contribution in [0.5, 0.6) is 0 Å². The Bertz CT molecular complexity index is 993. The molecule has 2 aliphatic rings. The standard InChI is InChI=1S/C19H25N5O3S2/c1-13(28-19-22-21-14(2)24(19)16-7-8-16)18(25)20-15-5-9-17(10-6-15)29(26,27)23-11-3-4-12-23/h5-6,9-10,13,16H,3-4,7-8,11-12H2,1-2H3,(H,20,25)/t13-/m1/s1. The molecular formula is C19H25N5O3S2. The minimum Gasteiger partial charge on any atom is -0.325 e. The summed E-state index contributed by atoms with van der Waals surface area (Å²) in [4.78, 5) is 12.9. The predicted molar refractivity (Wildman–Crippen MR) is 111 cm³/mol. The average molecular weight is 436 g/mol. The van der Waals surface area contributed by atoms with Gasteiger partial charge in [-0.05, 0) is 63.8 Å². The molecule has 0 spiro atoms. The van der Waals surface area contributed by atoms with E-state index in [0.29, 0.717) is 24.8 Å². The fourth-order valence-corrected chi connectivity index (χ4v) is 5.91. The first-order valence-corrected chi connectivity index (χ1v) is 12.2. The molecule has 1 atom stereocenters. The Kier molecular flexibility index (Phi) is 5.67. The molecule has 2 fully saturated rings. The number of thioether (sulfide) groups is 1. The first-order valence-electron chi connectivity index (χ1n) is 9.85. The zero-order valence-electron chi connectivity index (χ0n) is 16.5. The lowest BCUT2D eigenvalue weighted by Crippen LogP contribution is -2.27. The second-order valence-electron chi connectivity index (χ2n) is 7.52. The maximum atomic E-state index is 12.6. The number of benzene rings is 1. The van der Waals surface area contributed by atoms with Crippen molar-refractivity contribution in [2.75, 3.05) is 18.4 Å². The Labute approximate surface area is 175 Å². The SMILES string of the molecule is Cc1nnc(S[C@H](C)C(=O)Nc2ccc(S(=O)(=O)N3CCCC3)cc2)n1C1CC1. The van der Waals surface area contributed by atoms with Crippen LogP contribution in [0.25, 0.3) is 0 Å². The van der Waals surface area contributed by atoms with E-state index < -0.39 is 10.0 Å². The number of aryl methyl sites for hydroxylation is 1. The van der Waals surface area contributed by atoms with E-state index in [4.69, 9.17) is 0 Å². The first kappa shape index (κ1) is 20.4. The van der Waals surface area contributed by atoms with Gasteiger partial charge in [0.2, 0.25) is 15.9 Å². The second kappa shape index (κ2) is 8.08. The Morgan fingerprint density at radius 1 is 1.17 bits per heavy atom. The summed E-state index contributed by atoms with van der Waals surface area (Å²) in [6.07, 6.45) is 4.05. The highest BCUT2D eigenvalue weighted by molar-refractivity contribution is 8.00. The van der Waals surface area contributed by atoms with Gasteiger partial charge in [0.1, 0.15) is 5.82 Å². The lowest BCUT2D eigenvalue weighted by molar-refractivity contribution is -0.115. The van der Waals surface area contributed by atoms with Gasteiger partial charge in [-0.15, -0.1) is 10.2 Å². The van der Waals surface area contributed by atoms with Crippen LogP contribution in [0.3, 0.4) is 0 Å². The maximum absolute atomic E-state index is 12.6. The number of sulfonamides is 1. The van der Waals surface area contributed by atoms with Crippen LogP contribution in [-0.4, -0.2) is 51.7 Å². The molecule has 1 aromatic heterocycles. The van der Waals surface area contributed by atoms with Gasteiger partial charge in [-0.2, -0.15) is 4.31 Å². The molecule has 29 heavy (non-hydrogen) atoms. The molecule has 1 aliphatic carbocycles. The number of amides is 1. The summed E-state index contributed by atoms with van der Waals surface area (Å²) in [6, 6.07) is 6.82. The number of rotatable bonds is 7. The van der Waals surface area contributed by atoms with Crippen LogP contribution in [0.2, 0.25) is 0 Å². The molecule has 1 amide bonds. The molecule has 1 saturated heterocycles. The fourth-order valence-electron chi connectivity index (χ4n) is 3.43. The van der Waals surface area contributed by atoms with Crippen molar-refractivity contribution in [2.24, 2.45) is 0 Å². The van der Waals surface area contributed by atoms with Crippen molar-refractivity contribution in [3.8, 4) is 0 Å². The smallest absolute Gasteiger partial charge is 0.243 e. The van der Waals surface area contributed by atoms with Crippen molar-refractivity contribution in [3.63, 3.8) is 0 Å². The van der Waals surface area contributed by atoms with Crippen LogP contribution >= 0.6 is 11.8 Å². The molecule has 1 aromatic carbocycles. The summed E-state index contributed by atoms with van der Waals surface area (Å²) in [7, 11) is -3.45. The van der Waals surface area contributed by atoms with Gasteiger partial charge in [0, 0.05) is 24.8 Å². The largest absolute Gasteiger partial charge is 0.325 e.